The molecular weight excluding hydrogens is 238 g/mol. The van der Waals surface area contributed by atoms with Gasteiger partial charge in [-0.25, -0.2) is 4.98 Å². The Labute approximate surface area is 113 Å². The molecule has 2 aromatic rings. The summed E-state index contributed by atoms with van der Waals surface area (Å²) < 4.78 is 5.45. The molecule has 2 N–H and O–H groups in total. The molecule has 1 aromatic carbocycles. The van der Waals surface area contributed by atoms with Gasteiger partial charge in [0.1, 0.15) is 11.6 Å². The zero-order valence-electron chi connectivity index (χ0n) is 11.1. The van der Waals surface area contributed by atoms with E-state index < -0.39 is 0 Å². The summed E-state index contributed by atoms with van der Waals surface area (Å²) in [7, 11) is 0. The lowest BCUT2D eigenvalue weighted by atomic mass is 10.1. The minimum absolute atomic E-state index is 0.386. The normalized spacial score (nSPS) is 18.7. The molecule has 1 aliphatic heterocycles. The molecule has 1 aliphatic rings. The van der Waals surface area contributed by atoms with Crippen molar-refractivity contribution in [3.63, 3.8) is 0 Å². The van der Waals surface area contributed by atoms with E-state index in [1.165, 1.54) is 6.42 Å². The second-order valence-corrected chi connectivity index (χ2v) is 4.79. The van der Waals surface area contributed by atoms with Crippen molar-refractivity contribution in [2.24, 2.45) is 0 Å². The number of imidazole rings is 1. The Morgan fingerprint density at radius 3 is 2.84 bits per heavy atom. The zero-order valence-corrected chi connectivity index (χ0v) is 11.1. The third-order valence-electron chi connectivity index (χ3n) is 3.46. The Morgan fingerprint density at radius 2 is 2.16 bits per heavy atom. The van der Waals surface area contributed by atoms with E-state index >= 15 is 0 Å². The lowest BCUT2D eigenvalue weighted by Crippen LogP contribution is -2.14. The van der Waals surface area contributed by atoms with Gasteiger partial charge in [-0.2, -0.15) is 0 Å². The third-order valence-corrected chi connectivity index (χ3v) is 3.46. The molecule has 2 heterocycles. The van der Waals surface area contributed by atoms with Crippen LogP contribution in [0.5, 0.6) is 5.75 Å². The summed E-state index contributed by atoms with van der Waals surface area (Å²) in [6.07, 6.45) is 4.30. The first-order valence-electron chi connectivity index (χ1n) is 6.88. The largest absolute Gasteiger partial charge is 0.494 e. The smallest absolute Gasteiger partial charge is 0.123 e. The standard InChI is InChI=1S/C15H19N3O/c1-2-19-12-7-5-11(6-8-12)14-10-17-15(18-14)13-4-3-9-16-13/h5-8,10,13,16H,2-4,9H2,1H3,(H,17,18). The van der Waals surface area contributed by atoms with Crippen molar-refractivity contribution >= 4 is 0 Å². The number of H-pyrrole nitrogens is 1. The maximum Gasteiger partial charge on any atom is 0.123 e. The number of hydrogen-bond donors (Lipinski definition) is 2. The predicted molar refractivity (Wildman–Crippen MR) is 75.2 cm³/mol. The van der Waals surface area contributed by atoms with Crippen molar-refractivity contribution in [3.8, 4) is 17.0 Å². The van der Waals surface area contributed by atoms with Gasteiger partial charge < -0.3 is 15.0 Å². The molecule has 4 heteroatoms. The van der Waals surface area contributed by atoms with Crippen LogP contribution < -0.4 is 10.1 Å². The second-order valence-electron chi connectivity index (χ2n) is 4.79. The van der Waals surface area contributed by atoms with E-state index in [-0.39, 0.29) is 0 Å². The van der Waals surface area contributed by atoms with Gasteiger partial charge in [-0.15, -0.1) is 0 Å². The highest BCUT2D eigenvalue weighted by atomic mass is 16.5. The average Bonchev–Trinajstić information content (AvgIpc) is 3.11. The van der Waals surface area contributed by atoms with Crippen molar-refractivity contribution < 1.29 is 4.74 Å². The number of nitrogens with one attached hydrogen (secondary N) is 2. The van der Waals surface area contributed by atoms with Crippen LogP contribution in [0.2, 0.25) is 0 Å². The summed E-state index contributed by atoms with van der Waals surface area (Å²) >= 11 is 0. The molecule has 1 atom stereocenters. The van der Waals surface area contributed by atoms with E-state index in [9.17, 15) is 0 Å². The van der Waals surface area contributed by atoms with Gasteiger partial charge in [0.05, 0.1) is 24.5 Å². The number of aromatic nitrogens is 2. The topological polar surface area (TPSA) is 49.9 Å². The van der Waals surface area contributed by atoms with Crippen LogP contribution in [0.25, 0.3) is 11.3 Å². The fourth-order valence-corrected chi connectivity index (χ4v) is 2.48. The number of benzene rings is 1. The van der Waals surface area contributed by atoms with Gasteiger partial charge in [-0.05, 0) is 56.1 Å². The van der Waals surface area contributed by atoms with Gasteiger partial charge in [0.2, 0.25) is 0 Å². The van der Waals surface area contributed by atoms with Crippen LogP contribution in [0.1, 0.15) is 31.6 Å². The molecular formula is C15H19N3O. The lowest BCUT2D eigenvalue weighted by Gasteiger charge is -2.06. The number of hydrogen-bond acceptors (Lipinski definition) is 3. The molecule has 1 fully saturated rings. The molecule has 3 rings (SSSR count). The summed E-state index contributed by atoms with van der Waals surface area (Å²) in [5.41, 5.74) is 2.20. The molecule has 0 spiro atoms. The van der Waals surface area contributed by atoms with Crippen LogP contribution in [-0.4, -0.2) is 23.1 Å². The zero-order chi connectivity index (χ0) is 13.1. The Morgan fingerprint density at radius 1 is 1.32 bits per heavy atom. The Balaban J connectivity index is 1.77. The van der Waals surface area contributed by atoms with Crippen LogP contribution in [0, 0.1) is 0 Å². The minimum Gasteiger partial charge on any atom is -0.494 e. The van der Waals surface area contributed by atoms with E-state index in [0.29, 0.717) is 12.6 Å². The first-order valence-corrected chi connectivity index (χ1v) is 6.88. The third kappa shape index (κ3) is 2.63. The van der Waals surface area contributed by atoms with Gasteiger partial charge in [0.15, 0.2) is 0 Å². The van der Waals surface area contributed by atoms with Crippen molar-refractivity contribution in [3.05, 3.63) is 36.3 Å². The van der Waals surface area contributed by atoms with Crippen molar-refractivity contribution in [1.82, 2.24) is 15.3 Å². The Bertz CT molecular complexity index is 527. The van der Waals surface area contributed by atoms with Crippen molar-refractivity contribution in [2.75, 3.05) is 13.2 Å². The highest BCUT2D eigenvalue weighted by Crippen LogP contribution is 2.25. The quantitative estimate of drug-likeness (QED) is 0.885. The monoisotopic (exact) mass is 257 g/mol. The number of aromatic amines is 1. The molecule has 1 unspecified atom stereocenters. The molecule has 1 aromatic heterocycles. The summed E-state index contributed by atoms with van der Waals surface area (Å²) in [6, 6.07) is 8.49. The molecule has 100 valence electrons. The van der Waals surface area contributed by atoms with Gasteiger partial charge >= 0.3 is 0 Å². The Hall–Kier alpha value is -1.81. The molecule has 4 nitrogen and oxygen atoms in total. The van der Waals surface area contributed by atoms with E-state index in [4.69, 9.17) is 4.74 Å². The van der Waals surface area contributed by atoms with Crippen molar-refractivity contribution in [1.29, 1.82) is 0 Å². The van der Waals surface area contributed by atoms with E-state index in [0.717, 1.165) is 35.8 Å². The van der Waals surface area contributed by atoms with E-state index in [1.807, 2.05) is 25.3 Å². The predicted octanol–water partition coefficient (Wildman–Crippen LogP) is 2.90. The lowest BCUT2D eigenvalue weighted by molar-refractivity contribution is 0.340. The first-order chi connectivity index (χ1) is 9.36. The minimum atomic E-state index is 0.386. The fraction of sp³-hybridized carbons (Fsp3) is 0.400. The number of nitrogens with zero attached hydrogens (tertiary/aromatic N) is 1. The van der Waals surface area contributed by atoms with Gasteiger partial charge in [-0.1, -0.05) is 0 Å². The second kappa shape index (κ2) is 5.45. The van der Waals surface area contributed by atoms with Crippen LogP contribution in [0.15, 0.2) is 30.5 Å². The van der Waals surface area contributed by atoms with E-state index in [2.05, 4.69) is 27.4 Å². The summed E-state index contributed by atoms with van der Waals surface area (Å²) in [5, 5.41) is 3.45. The molecule has 19 heavy (non-hydrogen) atoms. The molecule has 0 radical (unpaired) electrons. The van der Waals surface area contributed by atoms with Crippen LogP contribution in [-0.2, 0) is 0 Å². The van der Waals surface area contributed by atoms with Gasteiger partial charge in [0.25, 0.3) is 0 Å². The molecule has 0 amide bonds. The maximum atomic E-state index is 5.45. The van der Waals surface area contributed by atoms with Gasteiger partial charge in [-0.3, -0.25) is 0 Å². The van der Waals surface area contributed by atoms with Crippen molar-refractivity contribution in [2.45, 2.75) is 25.8 Å². The average molecular weight is 257 g/mol. The molecule has 0 aliphatic carbocycles. The number of ether oxygens (including phenoxy) is 1. The number of rotatable bonds is 4. The highest BCUT2D eigenvalue weighted by molar-refractivity contribution is 5.59. The summed E-state index contributed by atoms with van der Waals surface area (Å²) in [5.74, 6) is 1.95. The molecule has 1 saturated heterocycles. The summed E-state index contributed by atoms with van der Waals surface area (Å²) in [6.45, 7) is 3.77. The van der Waals surface area contributed by atoms with E-state index in [1.54, 1.807) is 0 Å². The highest BCUT2D eigenvalue weighted by Gasteiger charge is 2.19. The molecule has 0 bridgehead atoms. The van der Waals surface area contributed by atoms with Crippen LogP contribution in [0.4, 0.5) is 0 Å². The SMILES string of the molecule is CCOc1ccc(-c2cnc(C3CCCN3)[nH]2)cc1. The summed E-state index contributed by atoms with van der Waals surface area (Å²) in [4.78, 5) is 7.89. The Kier molecular flexibility index (Phi) is 3.51. The van der Waals surface area contributed by atoms with Crippen LogP contribution >= 0.6 is 0 Å². The van der Waals surface area contributed by atoms with Gasteiger partial charge in [0, 0.05) is 0 Å². The first kappa shape index (κ1) is 12.2. The maximum absolute atomic E-state index is 5.45. The molecule has 0 saturated carbocycles. The fourth-order valence-electron chi connectivity index (χ4n) is 2.48. The van der Waals surface area contributed by atoms with Crippen LogP contribution in [0.3, 0.4) is 0 Å².